The molecule has 2 saturated heterocycles. The number of carbonyl (C=O) groups excluding carboxylic acids is 2. The third kappa shape index (κ3) is 4.22. The summed E-state index contributed by atoms with van der Waals surface area (Å²) < 4.78 is -0.337. The summed E-state index contributed by atoms with van der Waals surface area (Å²) in [5.74, 6) is -0.410. The molecule has 3 amide bonds. The minimum absolute atomic E-state index is 0.161. The van der Waals surface area contributed by atoms with Gasteiger partial charge in [0.05, 0.1) is 6.54 Å². The van der Waals surface area contributed by atoms with Crippen LogP contribution in [0.4, 0.5) is 4.79 Å². The van der Waals surface area contributed by atoms with Gasteiger partial charge in [-0.25, -0.2) is 9.59 Å². The predicted molar refractivity (Wildman–Crippen MR) is 113 cm³/mol. The number of aliphatic hydroxyl groups is 1. The van der Waals surface area contributed by atoms with Crippen molar-refractivity contribution in [1.29, 1.82) is 0 Å². The minimum Gasteiger partial charge on any atom is -0.379 e. The number of hydrogen-bond donors (Lipinski definition) is 3. The van der Waals surface area contributed by atoms with E-state index < -0.39 is 17.4 Å². The highest BCUT2D eigenvalue weighted by Gasteiger charge is 2.56. The predicted octanol–water partition coefficient (Wildman–Crippen LogP) is 3.52. The lowest BCUT2D eigenvalue weighted by atomic mass is 9.87. The molecule has 3 rings (SSSR count). The van der Waals surface area contributed by atoms with Crippen LogP contribution >= 0.6 is 11.6 Å². The number of carbonyl (C=O) groups is 2. The second kappa shape index (κ2) is 8.34. The van der Waals surface area contributed by atoms with Gasteiger partial charge >= 0.3 is 11.9 Å². The molecule has 2 aliphatic rings. The molecule has 2 unspecified atom stereocenters. The van der Waals surface area contributed by atoms with Gasteiger partial charge in [-0.05, 0) is 43.1 Å². The fourth-order valence-electron chi connectivity index (χ4n) is 4.33. The lowest BCUT2D eigenvalue weighted by Crippen LogP contribution is -2.66. The molecular formula is C22H33ClN3O3+. The van der Waals surface area contributed by atoms with Crippen LogP contribution in [0.5, 0.6) is 0 Å². The first-order valence-corrected chi connectivity index (χ1v) is 10.9. The maximum Gasteiger partial charge on any atom is 0.424 e. The molecule has 3 N–H and O–H groups in total. The van der Waals surface area contributed by atoms with Gasteiger partial charge in [0, 0.05) is 35.9 Å². The van der Waals surface area contributed by atoms with E-state index in [-0.39, 0.29) is 22.6 Å². The first-order valence-electron chi connectivity index (χ1n) is 10.5. The summed E-state index contributed by atoms with van der Waals surface area (Å²) in [5.41, 5.74) is 1.46. The van der Waals surface area contributed by atoms with E-state index in [9.17, 15) is 14.7 Å². The zero-order valence-electron chi connectivity index (χ0n) is 17.8. The largest absolute Gasteiger partial charge is 0.424 e. The van der Waals surface area contributed by atoms with E-state index in [1.165, 1.54) is 0 Å². The van der Waals surface area contributed by atoms with E-state index in [0.717, 1.165) is 36.9 Å². The van der Waals surface area contributed by atoms with Crippen LogP contribution < -0.4 is 10.6 Å². The van der Waals surface area contributed by atoms with E-state index >= 15 is 0 Å². The van der Waals surface area contributed by atoms with E-state index in [1.807, 2.05) is 45.9 Å². The molecule has 2 fully saturated rings. The average Bonchev–Trinajstić information content (AvgIpc) is 3.00. The Morgan fingerprint density at radius 3 is 2.55 bits per heavy atom. The highest BCUT2D eigenvalue weighted by atomic mass is 35.5. The van der Waals surface area contributed by atoms with Crippen LogP contribution in [0.2, 0.25) is 5.02 Å². The SMILES string of the molecule is C[C@@H]1CCC[N+]1(C(=O)NCc1cc(Cl)ccc1C1CCN1)C(=O)[C@H](O)C(C)(C)C. The van der Waals surface area contributed by atoms with Crippen LogP contribution in [0.1, 0.15) is 64.1 Å². The molecule has 0 spiro atoms. The van der Waals surface area contributed by atoms with Crippen LogP contribution in [-0.2, 0) is 11.3 Å². The molecule has 29 heavy (non-hydrogen) atoms. The van der Waals surface area contributed by atoms with Crippen LogP contribution in [0.15, 0.2) is 18.2 Å². The summed E-state index contributed by atoms with van der Waals surface area (Å²) >= 11 is 6.19. The number of amides is 3. The summed E-state index contributed by atoms with van der Waals surface area (Å²) in [6, 6.07) is 5.51. The summed E-state index contributed by atoms with van der Waals surface area (Å²) in [5, 5.41) is 17.6. The Labute approximate surface area is 178 Å². The number of urea groups is 1. The quantitative estimate of drug-likeness (QED) is 0.649. The van der Waals surface area contributed by atoms with E-state index in [2.05, 4.69) is 10.6 Å². The molecule has 2 aliphatic heterocycles. The van der Waals surface area contributed by atoms with Gasteiger partial charge in [0.1, 0.15) is 6.04 Å². The van der Waals surface area contributed by atoms with E-state index in [4.69, 9.17) is 11.6 Å². The Balaban J connectivity index is 1.82. The first-order chi connectivity index (χ1) is 13.6. The molecule has 1 aromatic rings. The van der Waals surface area contributed by atoms with Gasteiger partial charge in [0.25, 0.3) is 0 Å². The Morgan fingerprint density at radius 1 is 1.34 bits per heavy atom. The maximum absolute atomic E-state index is 13.4. The smallest absolute Gasteiger partial charge is 0.379 e. The molecule has 0 bridgehead atoms. The Hall–Kier alpha value is -1.47. The molecular weight excluding hydrogens is 390 g/mol. The fraction of sp³-hybridized carbons (Fsp3) is 0.636. The van der Waals surface area contributed by atoms with Gasteiger partial charge in [-0.1, -0.05) is 38.4 Å². The van der Waals surface area contributed by atoms with Crippen LogP contribution in [0, 0.1) is 5.41 Å². The van der Waals surface area contributed by atoms with Crippen LogP contribution in [0.25, 0.3) is 0 Å². The van der Waals surface area contributed by atoms with Gasteiger partial charge in [0.15, 0.2) is 6.10 Å². The lowest BCUT2D eigenvalue weighted by molar-refractivity contribution is -0.787. The number of quaternary nitrogens is 1. The third-order valence-electron chi connectivity index (χ3n) is 6.43. The number of nitrogens with zero attached hydrogens (tertiary/aromatic N) is 1. The number of hydrogen-bond acceptors (Lipinski definition) is 4. The van der Waals surface area contributed by atoms with Crippen LogP contribution in [-0.4, -0.2) is 46.8 Å². The van der Waals surface area contributed by atoms with Crippen molar-refractivity contribution < 1.29 is 19.2 Å². The monoisotopic (exact) mass is 422 g/mol. The van der Waals surface area contributed by atoms with Crippen molar-refractivity contribution in [3.63, 3.8) is 0 Å². The normalized spacial score (nSPS) is 27.9. The Kier molecular flexibility index (Phi) is 6.39. The number of halogens is 1. The summed E-state index contributed by atoms with van der Waals surface area (Å²) in [7, 11) is 0. The van der Waals surface area contributed by atoms with Gasteiger partial charge in [0.2, 0.25) is 0 Å². The standard InChI is InChI=1S/C22H32ClN3O3/c1-14-6-5-11-26(14,20(28)19(27)22(2,3)4)21(29)25-13-15-12-16(23)7-8-17(15)18-9-10-24-18/h7-8,12,14,18-19,24,27H,5-6,9-11,13H2,1-4H3/p+1/t14-,18?,19+,26?/m1/s1. The van der Waals surface area contributed by atoms with Gasteiger partial charge in [-0.2, -0.15) is 4.48 Å². The first kappa shape index (κ1) is 22.2. The lowest BCUT2D eigenvalue weighted by Gasteiger charge is -2.37. The number of aliphatic hydroxyl groups excluding tert-OH is 1. The third-order valence-corrected chi connectivity index (χ3v) is 6.66. The molecule has 7 heteroatoms. The molecule has 4 atom stereocenters. The number of benzene rings is 1. The van der Waals surface area contributed by atoms with Crippen molar-refractivity contribution in [1.82, 2.24) is 10.6 Å². The Morgan fingerprint density at radius 2 is 2.03 bits per heavy atom. The van der Waals surface area contributed by atoms with Crippen molar-refractivity contribution in [3.8, 4) is 0 Å². The Bertz CT molecular complexity index is 788. The topological polar surface area (TPSA) is 78.4 Å². The highest BCUT2D eigenvalue weighted by Crippen LogP contribution is 2.33. The van der Waals surface area contributed by atoms with Crippen molar-refractivity contribution in [3.05, 3.63) is 34.3 Å². The summed E-state index contributed by atoms with van der Waals surface area (Å²) in [6.07, 6.45) is 1.42. The second-order valence-electron chi connectivity index (χ2n) is 9.49. The zero-order chi connectivity index (χ0) is 21.4. The van der Waals surface area contributed by atoms with E-state index in [0.29, 0.717) is 18.1 Å². The highest BCUT2D eigenvalue weighted by molar-refractivity contribution is 6.30. The number of imide groups is 1. The van der Waals surface area contributed by atoms with Gasteiger partial charge < -0.3 is 15.7 Å². The summed E-state index contributed by atoms with van der Waals surface area (Å²) in [4.78, 5) is 26.6. The molecule has 2 heterocycles. The van der Waals surface area contributed by atoms with Crippen molar-refractivity contribution >= 4 is 23.5 Å². The maximum atomic E-state index is 13.4. The number of rotatable bonds is 4. The van der Waals surface area contributed by atoms with Crippen molar-refractivity contribution in [2.45, 2.75) is 71.7 Å². The van der Waals surface area contributed by atoms with Crippen molar-refractivity contribution in [2.24, 2.45) is 5.41 Å². The van der Waals surface area contributed by atoms with Gasteiger partial charge in [-0.3, -0.25) is 0 Å². The van der Waals surface area contributed by atoms with Crippen LogP contribution in [0.3, 0.4) is 0 Å². The number of likely N-dealkylation sites (tertiary alicyclic amines) is 1. The molecule has 6 nitrogen and oxygen atoms in total. The molecule has 0 aromatic heterocycles. The summed E-state index contributed by atoms with van der Waals surface area (Å²) in [6.45, 7) is 9.07. The molecule has 0 aliphatic carbocycles. The minimum atomic E-state index is -1.20. The molecule has 0 saturated carbocycles. The second-order valence-corrected chi connectivity index (χ2v) is 9.92. The number of nitrogens with one attached hydrogen (secondary N) is 2. The molecule has 160 valence electrons. The van der Waals surface area contributed by atoms with Gasteiger partial charge in [-0.15, -0.1) is 0 Å². The average molecular weight is 423 g/mol. The fourth-order valence-corrected chi connectivity index (χ4v) is 4.52. The van der Waals surface area contributed by atoms with E-state index in [1.54, 1.807) is 0 Å². The van der Waals surface area contributed by atoms with Crippen molar-refractivity contribution in [2.75, 3.05) is 13.1 Å². The zero-order valence-corrected chi connectivity index (χ0v) is 18.6. The molecule has 1 aromatic carbocycles. The molecule has 0 radical (unpaired) electrons.